The lowest BCUT2D eigenvalue weighted by Crippen LogP contribution is -2.35. The summed E-state index contributed by atoms with van der Waals surface area (Å²) >= 11 is 0. The Labute approximate surface area is 96.0 Å². The number of hydrogen-bond acceptors (Lipinski definition) is 4. The summed E-state index contributed by atoms with van der Waals surface area (Å²) < 4.78 is 21.3. The Kier molecular flexibility index (Phi) is 4.69. The summed E-state index contributed by atoms with van der Waals surface area (Å²) in [6, 6.07) is 0. The lowest BCUT2D eigenvalue weighted by Gasteiger charge is -2.13. The molecule has 0 aromatic heterocycles. The van der Waals surface area contributed by atoms with E-state index in [9.17, 15) is 13.2 Å². The van der Waals surface area contributed by atoms with Gasteiger partial charge in [0.05, 0.1) is 11.7 Å². The average molecular weight is 249 g/mol. The number of primary sulfonamides is 1. The van der Waals surface area contributed by atoms with Crippen molar-refractivity contribution in [1.82, 2.24) is 10.6 Å². The largest absolute Gasteiger partial charge is 0.356 e. The van der Waals surface area contributed by atoms with Gasteiger partial charge in [-0.05, 0) is 18.9 Å². The maximum Gasteiger partial charge on any atom is 0.224 e. The summed E-state index contributed by atoms with van der Waals surface area (Å²) in [6.45, 7) is 3.94. The zero-order valence-corrected chi connectivity index (χ0v) is 10.2. The molecule has 0 saturated carbocycles. The molecule has 1 heterocycles. The highest BCUT2D eigenvalue weighted by Crippen LogP contribution is 2.15. The van der Waals surface area contributed by atoms with E-state index in [-0.39, 0.29) is 17.6 Å². The number of nitrogens with one attached hydrogen (secondary N) is 2. The maximum absolute atomic E-state index is 11.6. The van der Waals surface area contributed by atoms with Gasteiger partial charge in [0.15, 0.2) is 0 Å². The highest BCUT2D eigenvalue weighted by Gasteiger charge is 2.28. The van der Waals surface area contributed by atoms with Gasteiger partial charge in [-0.25, -0.2) is 13.6 Å². The van der Waals surface area contributed by atoms with Gasteiger partial charge in [0.2, 0.25) is 15.9 Å². The Bertz CT molecular complexity index is 342. The predicted octanol–water partition coefficient (Wildman–Crippen LogP) is -1.36. The lowest BCUT2D eigenvalue weighted by atomic mass is 9.97. The lowest BCUT2D eigenvalue weighted by molar-refractivity contribution is -0.125. The molecule has 0 spiro atoms. The molecule has 1 saturated heterocycles. The summed E-state index contributed by atoms with van der Waals surface area (Å²) in [5.41, 5.74) is 0. The molecule has 4 N–H and O–H groups in total. The zero-order chi connectivity index (χ0) is 12.2. The number of sulfonamides is 1. The molecule has 7 heteroatoms. The van der Waals surface area contributed by atoms with Gasteiger partial charge in [-0.15, -0.1) is 0 Å². The molecular formula is C9H19N3O3S. The summed E-state index contributed by atoms with van der Waals surface area (Å²) in [6.07, 6.45) is 0.360. The van der Waals surface area contributed by atoms with Crippen LogP contribution in [-0.2, 0) is 14.8 Å². The van der Waals surface area contributed by atoms with Crippen molar-refractivity contribution >= 4 is 15.9 Å². The van der Waals surface area contributed by atoms with Crippen LogP contribution in [-0.4, -0.2) is 39.7 Å². The second-order valence-electron chi connectivity index (χ2n) is 4.25. The van der Waals surface area contributed by atoms with Crippen LogP contribution in [0.2, 0.25) is 0 Å². The molecule has 94 valence electrons. The summed E-state index contributed by atoms with van der Waals surface area (Å²) in [7, 11) is -3.42. The summed E-state index contributed by atoms with van der Waals surface area (Å²) in [5.74, 6) is 0.228. The van der Waals surface area contributed by atoms with E-state index in [1.165, 1.54) is 0 Å². The van der Waals surface area contributed by atoms with Crippen molar-refractivity contribution in [3.63, 3.8) is 0 Å². The second kappa shape index (κ2) is 5.60. The number of nitrogens with two attached hydrogens (primary N) is 1. The Morgan fingerprint density at radius 2 is 2.19 bits per heavy atom. The Balaban J connectivity index is 2.20. The summed E-state index contributed by atoms with van der Waals surface area (Å²) in [4.78, 5) is 11.6. The number of rotatable bonds is 5. The highest BCUT2D eigenvalue weighted by atomic mass is 32.2. The SMILES string of the molecule is CC1CNCC1C(=O)NCCCS(N)(=O)=O. The minimum Gasteiger partial charge on any atom is -0.356 e. The summed E-state index contributed by atoms with van der Waals surface area (Å²) in [5, 5.41) is 10.7. The molecule has 1 rings (SSSR count). The van der Waals surface area contributed by atoms with Crippen molar-refractivity contribution in [2.75, 3.05) is 25.4 Å². The van der Waals surface area contributed by atoms with Crippen LogP contribution in [0.25, 0.3) is 0 Å². The van der Waals surface area contributed by atoms with E-state index in [0.717, 1.165) is 6.54 Å². The molecule has 16 heavy (non-hydrogen) atoms. The normalized spacial score (nSPS) is 25.6. The van der Waals surface area contributed by atoms with Crippen LogP contribution >= 0.6 is 0 Å². The fourth-order valence-corrected chi connectivity index (χ4v) is 2.32. The quantitative estimate of drug-likeness (QED) is 0.524. The van der Waals surface area contributed by atoms with Crippen LogP contribution < -0.4 is 15.8 Å². The average Bonchev–Trinajstić information content (AvgIpc) is 2.57. The standard InChI is InChI=1S/C9H19N3O3S/c1-7-5-11-6-8(7)9(13)12-3-2-4-16(10,14)15/h7-8,11H,2-6H2,1H3,(H,12,13)(H2,10,14,15). The maximum atomic E-state index is 11.6. The molecule has 1 fully saturated rings. The zero-order valence-electron chi connectivity index (χ0n) is 9.40. The van der Waals surface area contributed by atoms with Crippen molar-refractivity contribution in [3.05, 3.63) is 0 Å². The van der Waals surface area contributed by atoms with E-state index >= 15 is 0 Å². The van der Waals surface area contributed by atoms with Crippen molar-refractivity contribution in [1.29, 1.82) is 0 Å². The first-order valence-electron chi connectivity index (χ1n) is 5.39. The Hall–Kier alpha value is -0.660. The van der Waals surface area contributed by atoms with Gasteiger partial charge in [0.1, 0.15) is 0 Å². The van der Waals surface area contributed by atoms with E-state index in [1.54, 1.807) is 0 Å². The fourth-order valence-electron chi connectivity index (χ4n) is 1.78. The highest BCUT2D eigenvalue weighted by molar-refractivity contribution is 7.89. The molecule has 1 aliphatic heterocycles. The molecule has 0 aliphatic carbocycles. The third kappa shape index (κ3) is 4.46. The number of carbonyl (C=O) groups is 1. The smallest absolute Gasteiger partial charge is 0.224 e. The third-order valence-corrected chi connectivity index (χ3v) is 3.62. The third-order valence-electron chi connectivity index (χ3n) is 2.76. The number of hydrogen-bond donors (Lipinski definition) is 3. The molecule has 0 radical (unpaired) electrons. The molecule has 1 aliphatic rings. The van der Waals surface area contributed by atoms with Gasteiger partial charge in [0.25, 0.3) is 0 Å². The minimum atomic E-state index is -3.42. The minimum absolute atomic E-state index is 0.00511. The van der Waals surface area contributed by atoms with Gasteiger partial charge >= 0.3 is 0 Å². The molecule has 0 bridgehead atoms. The van der Waals surface area contributed by atoms with Crippen LogP contribution in [0.4, 0.5) is 0 Å². The molecule has 0 aromatic rings. The molecule has 6 nitrogen and oxygen atoms in total. The van der Waals surface area contributed by atoms with Crippen LogP contribution in [0, 0.1) is 11.8 Å². The first-order chi connectivity index (χ1) is 7.40. The van der Waals surface area contributed by atoms with Crippen molar-refractivity contribution in [2.45, 2.75) is 13.3 Å². The van der Waals surface area contributed by atoms with Crippen LogP contribution in [0.5, 0.6) is 0 Å². The van der Waals surface area contributed by atoms with E-state index in [2.05, 4.69) is 10.6 Å². The van der Waals surface area contributed by atoms with Crippen molar-refractivity contribution in [3.8, 4) is 0 Å². The molecule has 1 amide bonds. The van der Waals surface area contributed by atoms with E-state index in [0.29, 0.717) is 25.4 Å². The first-order valence-corrected chi connectivity index (χ1v) is 7.10. The number of amides is 1. The first kappa shape index (κ1) is 13.4. The van der Waals surface area contributed by atoms with Gasteiger partial charge < -0.3 is 10.6 Å². The van der Waals surface area contributed by atoms with Crippen molar-refractivity contribution in [2.24, 2.45) is 17.0 Å². The van der Waals surface area contributed by atoms with Crippen LogP contribution in [0.15, 0.2) is 0 Å². The molecule has 2 atom stereocenters. The molecule has 2 unspecified atom stereocenters. The van der Waals surface area contributed by atoms with E-state index in [1.807, 2.05) is 6.92 Å². The Morgan fingerprint density at radius 3 is 2.69 bits per heavy atom. The van der Waals surface area contributed by atoms with Crippen LogP contribution in [0.1, 0.15) is 13.3 Å². The molecular weight excluding hydrogens is 230 g/mol. The Morgan fingerprint density at radius 1 is 1.50 bits per heavy atom. The van der Waals surface area contributed by atoms with Gasteiger partial charge in [0, 0.05) is 13.1 Å². The van der Waals surface area contributed by atoms with Crippen molar-refractivity contribution < 1.29 is 13.2 Å². The van der Waals surface area contributed by atoms with Crippen LogP contribution in [0.3, 0.4) is 0 Å². The van der Waals surface area contributed by atoms with E-state index in [4.69, 9.17) is 5.14 Å². The topological polar surface area (TPSA) is 101 Å². The van der Waals surface area contributed by atoms with Gasteiger partial charge in [-0.2, -0.15) is 0 Å². The predicted molar refractivity (Wildman–Crippen MR) is 61.1 cm³/mol. The van der Waals surface area contributed by atoms with E-state index < -0.39 is 10.0 Å². The van der Waals surface area contributed by atoms with Gasteiger partial charge in [-0.3, -0.25) is 4.79 Å². The molecule has 0 aromatic carbocycles. The van der Waals surface area contributed by atoms with Gasteiger partial charge in [-0.1, -0.05) is 6.92 Å². The second-order valence-corrected chi connectivity index (χ2v) is 5.99. The fraction of sp³-hybridized carbons (Fsp3) is 0.889. The number of carbonyl (C=O) groups excluding carboxylic acids is 1. The monoisotopic (exact) mass is 249 g/mol.